The molecule has 5 heteroatoms. The fourth-order valence-corrected chi connectivity index (χ4v) is 10.8. The molecular formula is C27H27NO4. The summed E-state index contributed by atoms with van der Waals surface area (Å²) in [5, 5.41) is 10.5. The van der Waals surface area contributed by atoms with E-state index in [0.29, 0.717) is 11.8 Å². The summed E-state index contributed by atoms with van der Waals surface area (Å²) in [6, 6.07) is 13.1. The average Bonchev–Trinajstić information content (AvgIpc) is 3.37. The fourth-order valence-electron chi connectivity index (χ4n) is 10.8. The Bertz CT molecular complexity index is 1140. The van der Waals surface area contributed by atoms with Crippen LogP contribution in [-0.2, 0) is 19.0 Å². The first-order valence-corrected chi connectivity index (χ1v) is 12.1. The van der Waals surface area contributed by atoms with Crippen LogP contribution in [0.2, 0.25) is 0 Å². The third-order valence-corrected chi connectivity index (χ3v) is 11.1. The number of Topliss-reactive ketones (excluding diaryl/α,β-unsaturated/α-hetero) is 1. The molecule has 11 atom stereocenters. The first kappa shape index (κ1) is 18.4. The zero-order valence-corrected chi connectivity index (χ0v) is 18.4. The Morgan fingerprint density at radius 2 is 1.94 bits per heavy atom. The van der Waals surface area contributed by atoms with Gasteiger partial charge in [0.05, 0.1) is 23.2 Å². The lowest BCUT2D eigenvalue weighted by Gasteiger charge is -2.72. The van der Waals surface area contributed by atoms with E-state index in [1.807, 2.05) is 6.07 Å². The van der Waals surface area contributed by atoms with Crippen molar-refractivity contribution in [1.82, 2.24) is 0 Å². The minimum absolute atomic E-state index is 0.130. The van der Waals surface area contributed by atoms with E-state index < -0.39 is 22.7 Å². The van der Waals surface area contributed by atoms with Gasteiger partial charge in [-0.25, -0.2) is 0 Å². The molecule has 1 aromatic rings. The van der Waals surface area contributed by atoms with E-state index in [0.717, 1.165) is 19.3 Å². The van der Waals surface area contributed by atoms with Crippen molar-refractivity contribution in [2.75, 3.05) is 14.2 Å². The number of hydrogen-bond acceptors (Lipinski definition) is 5. The molecule has 1 aliphatic heterocycles. The van der Waals surface area contributed by atoms with Crippen LogP contribution in [0.3, 0.4) is 0 Å². The van der Waals surface area contributed by atoms with Crippen molar-refractivity contribution in [1.29, 1.82) is 5.26 Å². The SMILES string of the molecule is COC(OC)[C@H]1[C@@H]2C[C@@H](C=C2c2ccccc2)[C@@]23O[C@H]4[C@@H]5CC[C@H]6[C@@H]([C@@H]52)[C@@]13C(=O)[C@]64C#N. The highest BCUT2D eigenvalue weighted by atomic mass is 16.7. The molecule has 8 aliphatic rings. The number of rotatable bonds is 4. The van der Waals surface area contributed by atoms with E-state index >= 15 is 0 Å². The minimum Gasteiger partial charge on any atom is -0.367 e. The van der Waals surface area contributed by atoms with Crippen molar-refractivity contribution in [2.24, 2.45) is 52.3 Å². The number of fused-ring (bicyclic) bond motifs is 3. The summed E-state index contributed by atoms with van der Waals surface area (Å²) in [5.41, 5.74) is 0.414. The second-order valence-electron chi connectivity index (χ2n) is 11.2. The molecule has 8 bridgehead atoms. The number of hydrogen-bond donors (Lipinski definition) is 0. The first-order chi connectivity index (χ1) is 15.6. The molecule has 32 heavy (non-hydrogen) atoms. The van der Waals surface area contributed by atoms with Crippen molar-refractivity contribution in [3.05, 3.63) is 42.0 Å². The number of carbonyl (C=O) groups excluding carboxylic acids is 1. The molecular weight excluding hydrogens is 402 g/mol. The Hall–Kier alpha value is -2.00. The van der Waals surface area contributed by atoms with Crippen LogP contribution in [0.1, 0.15) is 24.8 Å². The highest BCUT2D eigenvalue weighted by molar-refractivity contribution is 6.02. The first-order valence-electron chi connectivity index (χ1n) is 12.1. The van der Waals surface area contributed by atoms with Gasteiger partial charge in [-0.2, -0.15) is 5.26 Å². The van der Waals surface area contributed by atoms with Crippen LogP contribution in [0.15, 0.2) is 36.4 Å². The number of nitrogens with zero attached hydrogens (tertiary/aromatic N) is 1. The van der Waals surface area contributed by atoms with Crippen LogP contribution in [0.25, 0.3) is 5.57 Å². The second-order valence-corrected chi connectivity index (χ2v) is 11.2. The van der Waals surface area contributed by atoms with Crippen LogP contribution in [-0.4, -0.2) is 38.0 Å². The summed E-state index contributed by atoms with van der Waals surface area (Å²) in [4.78, 5) is 14.6. The molecule has 7 aliphatic carbocycles. The smallest absolute Gasteiger partial charge is 0.165 e. The number of benzene rings is 1. The van der Waals surface area contributed by atoms with Crippen molar-refractivity contribution in [3.63, 3.8) is 0 Å². The molecule has 164 valence electrons. The monoisotopic (exact) mass is 429 g/mol. The Labute approximate surface area is 187 Å². The summed E-state index contributed by atoms with van der Waals surface area (Å²) < 4.78 is 19.0. The molecule has 0 N–H and O–H groups in total. The minimum atomic E-state index is -0.960. The number of ether oxygens (including phenoxy) is 3. The maximum absolute atomic E-state index is 14.6. The molecule has 5 nitrogen and oxygen atoms in total. The third kappa shape index (κ3) is 1.42. The summed E-state index contributed by atoms with van der Waals surface area (Å²) in [6.45, 7) is 0. The van der Waals surface area contributed by atoms with Gasteiger partial charge in [-0.1, -0.05) is 36.4 Å². The van der Waals surface area contributed by atoms with Crippen molar-refractivity contribution in [2.45, 2.75) is 37.3 Å². The third-order valence-electron chi connectivity index (χ3n) is 11.1. The summed E-state index contributed by atoms with van der Waals surface area (Å²) in [6.07, 6.45) is 4.76. The zero-order chi connectivity index (χ0) is 21.6. The van der Waals surface area contributed by atoms with Gasteiger partial charge in [-0.05, 0) is 60.0 Å². The topological polar surface area (TPSA) is 68.6 Å². The van der Waals surface area contributed by atoms with E-state index in [2.05, 4.69) is 36.4 Å². The Kier molecular flexibility index (Phi) is 3.10. The van der Waals surface area contributed by atoms with E-state index in [4.69, 9.17) is 14.2 Å². The van der Waals surface area contributed by atoms with E-state index in [9.17, 15) is 10.1 Å². The Balaban J connectivity index is 1.41. The summed E-state index contributed by atoms with van der Waals surface area (Å²) in [7, 11) is 3.37. The lowest BCUT2D eigenvalue weighted by molar-refractivity contribution is -0.330. The van der Waals surface area contributed by atoms with Crippen molar-refractivity contribution < 1.29 is 19.0 Å². The van der Waals surface area contributed by atoms with Crippen LogP contribution < -0.4 is 0 Å². The molecule has 6 saturated carbocycles. The quantitative estimate of drug-likeness (QED) is 0.686. The van der Waals surface area contributed by atoms with E-state index in [1.165, 1.54) is 11.1 Å². The number of allylic oxidation sites excluding steroid dienone is 1. The van der Waals surface area contributed by atoms with Crippen molar-refractivity contribution in [3.8, 4) is 6.07 Å². The van der Waals surface area contributed by atoms with Gasteiger partial charge in [0, 0.05) is 26.1 Å². The molecule has 1 heterocycles. The lowest BCUT2D eigenvalue weighted by atomic mass is 9.31. The van der Waals surface area contributed by atoms with Gasteiger partial charge in [0.1, 0.15) is 5.41 Å². The molecule has 9 rings (SSSR count). The number of ketones is 1. The summed E-state index contributed by atoms with van der Waals surface area (Å²) in [5.74, 6) is 1.54. The lowest BCUT2D eigenvalue weighted by Crippen LogP contribution is -2.80. The average molecular weight is 430 g/mol. The summed E-state index contributed by atoms with van der Waals surface area (Å²) >= 11 is 0. The Morgan fingerprint density at radius 1 is 1.16 bits per heavy atom. The van der Waals surface area contributed by atoms with Crippen LogP contribution in [0.4, 0.5) is 0 Å². The fraction of sp³-hybridized carbons (Fsp3) is 0.630. The number of nitriles is 1. The molecule has 7 fully saturated rings. The molecule has 1 saturated heterocycles. The highest BCUT2D eigenvalue weighted by Crippen LogP contribution is 2.92. The second kappa shape index (κ2) is 5.38. The molecule has 0 unspecified atom stereocenters. The van der Waals surface area contributed by atoms with E-state index in [-0.39, 0.29) is 41.5 Å². The van der Waals surface area contributed by atoms with Gasteiger partial charge in [0.15, 0.2) is 12.1 Å². The predicted octanol–water partition coefficient (Wildman–Crippen LogP) is 3.46. The number of carbonyl (C=O) groups is 1. The molecule has 0 amide bonds. The number of methoxy groups -OCH3 is 2. The van der Waals surface area contributed by atoms with Gasteiger partial charge in [0.25, 0.3) is 0 Å². The molecule has 0 aromatic heterocycles. The standard InChI is InChI=1S/C27H27NO4/c1-30-23(31-2)20-17-11-14(10-16(17)13-6-4-3-5-7-13)27-19-15-8-9-18-21(19)26(20,27)24(29)25(18,12-28)22(15)32-27/h3-7,10,14-15,17-23H,8-9,11H2,1-2H3/t14-,15-,17-,18+,19-,20-,21+,22+,25-,26-,27-/m1/s1. The van der Waals surface area contributed by atoms with Gasteiger partial charge in [0.2, 0.25) is 0 Å². The maximum atomic E-state index is 14.6. The zero-order valence-electron chi connectivity index (χ0n) is 18.4. The maximum Gasteiger partial charge on any atom is 0.165 e. The highest BCUT2D eigenvalue weighted by Gasteiger charge is 3.00. The normalized spacial score (nSPS) is 54.6. The van der Waals surface area contributed by atoms with Gasteiger partial charge >= 0.3 is 0 Å². The van der Waals surface area contributed by atoms with Gasteiger partial charge in [-0.15, -0.1) is 0 Å². The van der Waals surface area contributed by atoms with Crippen LogP contribution >= 0.6 is 0 Å². The van der Waals surface area contributed by atoms with Crippen LogP contribution in [0, 0.1) is 63.6 Å². The van der Waals surface area contributed by atoms with Gasteiger partial charge in [-0.3, -0.25) is 4.79 Å². The predicted molar refractivity (Wildman–Crippen MR) is 114 cm³/mol. The molecule has 0 radical (unpaired) electrons. The molecule has 1 aromatic carbocycles. The largest absolute Gasteiger partial charge is 0.367 e. The van der Waals surface area contributed by atoms with E-state index in [1.54, 1.807) is 14.2 Å². The van der Waals surface area contributed by atoms with Gasteiger partial charge < -0.3 is 14.2 Å². The van der Waals surface area contributed by atoms with Crippen molar-refractivity contribution >= 4 is 11.4 Å². The Morgan fingerprint density at radius 3 is 2.66 bits per heavy atom. The van der Waals surface area contributed by atoms with Crippen LogP contribution in [0.5, 0.6) is 0 Å². The molecule has 2 spiro atoms.